The Kier molecular flexibility index (Phi) is 4.79. The Morgan fingerprint density at radius 2 is 2.25 bits per heavy atom. The number of thiazole rings is 1. The molecular weight excluding hydrogens is 362 g/mol. The lowest BCUT2D eigenvalue weighted by Gasteiger charge is -2.15. The van der Waals surface area contributed by atoms with Crippen molar-refractivity contribution < 1.29 is 8.42 Å². The normalized spacial score (nSPS) is 13.3. The first-order valence-electron chi connectivity index (χ1n) is 5.90. The van der Waals surface area contributed by atoms with E-state index >= 15 is 0 Å². The SMILES string of the molecule is CCC(NS(=O)(=O)c1cc(N)ccc1Br)c1nccs1. The van der Waals surface area contributed by atoms with Crippen molar-refractivity contribution in [1.82, 2.24) is 9.71 Å². The third kappa shape index (κ3) is 3.38. The number of nitrogens with two attached hydrogens (primary N) is 1. The van der Waals surface area contributed by atoms with Gasteiger partial charge in [0.15, 0.2) is 0 Å². The number of rotatable bonds is 5. The molecule has 1 aromatic heterocycles. The third-order valence-corrected chi connectivity index (χ3v) is 6.05. The second-order valence-electron chi connectivity index (χ2n) is 4.14. The van der Waals surface area contributed by atoms with Crippen LogP contribution < -0.4 is 10.5 Å². The van der Waals surface area contributed by atoms with Gasteiger partial charge >= 0.3 is 0 Å². The van der Waals surface area contributed by atoms with Crippen LogP contribution in [-0.2, 0) is 10.0 Å². The molecule has 0 aliphatic heterocycles. The highest BCUT2D eigenvalue weighted by Crippen LogP contribution is 2.27. The summed E-state index contributed by atoms with van der Waals surface area (Å²) in [5, 5.41) is 2.57. The largest absolute Gasteiger partial charge is 0.399 e. The number of halogens is 1. The Hall–Kier alpha value is -0.960. The molecule has 0 radical (unpaired) electrons. The minimum absolute atomic E-state index is 0.132. The molecule has 1 aromatic carbocycles. The molecule has 3 N–H and O–H groups in total. The number of benzene rings is 1. The first-order chi connectivity index (χ1) is 9.44. The van der Waals surface area contributed by atoms with E-state index in [-0.39, 0.29) is 10.9 Å². The van der Waals surface area contributed by atoms with Gasteiger partial charge in [0.05, 0.1) is 10.9 Å². The highest BCUT2D eigenvalue weighted by Gasteiger charge is 2.23. The summed E-state index contributed by atoms with van der Waals surface area (Å²) in [5.41, 5.74) is 6.06. The minimum atomic E-state index is -3.66. The summed E-state index contributed by atoms with van der Waals surface area (Å²) >= 11 is 4.66. The maximum absolute atomic E-state index is 12.4. The fourth-order valence-corrected chi connectivity index (χ4v) is 4.82. The number of hydrogen-bond donors (Lipinski definition) is 2. The van der Waals surface area contributed by atoms with E-state index < -0.39 is 10.0 Å². The fourth-order valence-electron chi connectivity index (χ4n) is 1.69. The van der Waals surface area contributed by atoms with Gasteiger partial charge in [-0.05, 0) is 40.5 Å². The maximum Gasteiger partial charge on any atom is 0.242 e. The van der Waals surface area contributed by atoms with E-state index in [1.54, 1.807) is 18.3 Å². The average molecular weight is 376 g/mol. The Balaban J connectivity index is 2.33. The van der Waals surface area contributed by atoms with E-state index in [0.717, 1.165) is 5.01 Å². The summed E-state index contributed by atoms with van der Waals surface area (Å²) in [6.07, 6.45) is 2.28. The number of anilines is 1. The fraction of sp³-hybridized carbons (Fsp3) is 0.250. The molecule has 2 aromatic rings. The summed E-state index contributed by atoms with van der Waals surface area (Å²) in [5.74, 6) is 0. The highest BCUT2D eigenvalue weighted by atomic mass is 79.9. The van der Waals surface area contributed by atoms with E-state index in [0.29, 0.717) is 16.6 Å². The van der Waals surface area contributed by atoms with E-state index in [4.69, 9.17) is 5.73 Å². The molecule has 0 bridgehead atoms. The van der Waals surface area contributed by atoms with Crippen molar-refractivity contribution in [3.05, 3.63) is 39.3 Å². The Labute approximate surface area is 130 Å². The van der Waals surface area contributed by atoms with Crippen LogP contribution in [-0.4, -0.2) is 13.4 Å². The molecule has 20 heavy (non-hydrogen) atoms. The van der Waals surface area contributed by atoms with Crippen molar-refractivity contribution in [2.24, 2.45) is 0 Å². The molecule has 1 unspecified atom stereocenters. The molecule has 0 amide bonds. The Morgan fingerprint density at radius 3 is 2.85 bits per heavy atom. The highest BCUT2D eigenvalue weighted by molar-refractivity contribution is 9.10. The number of hydrogen-bond acceptors (Lipinski definition) is 5. The van der Waals surface area contributed by atoms with Crippen LogP contribution in [0.5, 0.6) is 0 Å². The van der Waals surface area contributed by atoms with Crippen LogP contribution in [0.25, 0.3) is 0 Å². The van der Waals surface area contributed by atoms with Gasteiger partial charge in [0, 0.05) is 21.7 Å². The van der Waals surface area contributed by atoms with Crippen molar-refractivity contribution in [1.29, 1.82) is 0 Å². The zero-order valence-electron chi connectivity index (χ0n) is 10.7. The molecule has 8 heteroatoms. The minimum Gasteiger partial charge on any atom is -0.399 e. The van der Waals surface area contributed by atoms with Crippen LogP contribution in [0.4, 0.5) is 5.69 Å². The monoisotopic (exact) mass is 375 g/mol. The average Bonchev–Trinajstić information content (AvgIpc) is 2.92. The van der Waals surface area contributed by atoms with Gasteiger partial charge in [-0.1, -0.05) is 6.92 Å². The second-order valence-corrected chi connectivity index (χ2v) is 7.61. The molecule has 0 aliphatic carbocycles. The smallest absolute Gasteiger partial charge is 0.242 e. The van der Waals surface area contributed by atoms with Crippen molar-refractivity contribution in [3.8, 4) is 0 Å². The van der Waals surface area contributed by atoms with Crippen molar-refractivity contribution in [2.45, 2.75) is 24.3 Å². The first-order valence-corrected chi connectivity index (χ1v) is 9.06. The van der Waals surface area contributed by atoms with Gasteiger partial charge < -0.3 is 5.73 Å². The standard InChI is InChI=1S/C12H14BrN3O2S2/c1-2-10(12-15-5-6-19-12)16-20(17,18)11-7-8(14)3-4-9(11)13/h3-7,10,16H,2,14H2,1H3. The number of nitrogen functional groups attached to an aromatic ring is 1. The molecule has 0 spiro atoms. The molecule has 1 heterocycles. The van der Waals surface area contributed by atoms with Crippen LogP contribution in [0.3, 0.4) is 0 Å². The van der Waals surface area contributed by atoms with E-state index in [1.807, 2.05) is 12.3 Å². The van der Waals surface area contributed by atoms with E-state index in [9.17, 15) is 8.42 Å². The lowest BCUT2D eigenvalue weighted by molar-refractivity contribution is 0.548. The van der Waals surface area contributed by atoms with Crippen LogP contribution in [0.2, 0.25) is 0 Å². The quantitative estimate of drug-likeness (QED) is 0.786. The van der Waals surface area contributed by atoms with Gasteiger partial charge in [0.25, 0.3) is 0 Å². The first kappa shape index (κ1) is 15.4. The summed E-state index contributed by atoms with van der Waals surface area (Å²) in [6.45, 7) is 1.91. The summed E-state index contributed by atoms with van der Waals surface area (Å²) in [7, 11) is -3.66. The zero-order chi connectivity index (χ0) is 14.8. The topological polar surface area (TPSA) is 85.1 Å². The zero-order valence-corrected chi connectivity index (χ0v) is 13.9. The lowest BCUT2D eigenvalue weighted by atomic mass is 10.3. The van der Waals surface area contributed by atoms with Gasteiger partial charge in [-0.2, -0.15) is 0 Å². The van der Waals surface area contributed by atoms with Crippen molar-refractivity contribution in [2.75, 3.05) is 5.73 Å². The molecule has 108 valence electrons. The Bertz CT molecular complexity index is 687. The summed E-state index contributed by atoms with van der Waals surface area (Å²) < 4.78 is 28.0. The van der Waals surface area contributed by atoms with Crippen LogP contribution in [0.15, 0.2) is 39.1 Å². The molecule has 0 saturated heterocycles. The number of nitrogens with one attached hydrogen (secondary N) is 1. The maximum atomic E-state index is 12.4. The third-order valence-electron chi connectivity index (χ3n) is 2.70. The lowest BCUT2D eigenvalue weighted by Crippen LogP contribution is -2.28. The number of nitrogens with zero attached hydrogens (tertiary/aromatic N) is 1. The van der Waals surface area contributed by atoms with E-state index in [1.165, 1.54) is 17.4 Å². The van der Waals surface area contributed by atoms with E-state index in [2.05, 4.69) is 25.6 Å². The van der Waals surface area contributed by atoms with Crippen molar-refractivity contribution in [3.63, 3.8) is 0 Å². The van der Waals surface area contributed by atoms with Crippen molar-refractivity contribution >= 4 is 43.0 Å². The number of aromatic nitrogens is 1. The van der Waals surface area contributed by atoms with Crippen LogP contribution in [0, 0.1) is 0 Å². The summed E-state index contributed by atoms with van der Waals surface area (Å²) in [6, 6.07) is 4.35. The van der Waals surface area contributed by atoms with Gasteiger partial charge in [-0.25, -0.2) is 18.1 Å². The van der Waals surface area contributed by atoms with Gasteiger partial charge in [0.2, 0.25) is 10.0 Å². The number of sulfonamides is 1. The molecule has 0 saturated carbocycles. The van der Waals surface area contributed by atoms with Crippen LogP contribution in [0.1, 0.15) is 24.4 Å². The molecular formula is C12H14BrN3O2S2. The molecule has 0 fully saturated rings. The predicted octanol–water partition coefficient (Wildman–Crippen LogP) is 2.92. The Morgan fingerprint density at radius 1 is 1.50 bits per heavy atom. The molecule has 0 aliphatic rings. The molecule has 2 rings (SSSR count). The predicted molar refractivity (Wildman–Crippen MR) is 84.0 cm³/mol. The molecule has 1 atom stereocenters. The van der Waals surface area contributed by atoms with Gasteiger partial charge in [-0.15, -0.1) is 11.3 Å². The molecule has 5 nitrogen and oxygen atoms in total. The van der Waals surface area contributed by atoms with Crippen LogP contribution >= 0.6 is 27.3 Å². The summed E-state index contributed by atoms with van der Waals surface area (Å²) in [4.78, 5) is 4.29. The van der Waals surface area contributed by atoms with Gasteiger partial charge in [-0.3, -0.25) is 0 Å². The second kappa shape index (κ2) is 6.21. The van der Waals surface area contributed by atoms with Gasteiger partial charge in [0.1, 0.15) is 5.01 Å².